The Morgan fingerprint density at radius 1 is 1.20 bits per heavy atom. The van der Waals surface area contributed by atoms with Crippen molar-refractivity contribution in [2.24, 2.45) is 0 Å². The van der Waals surface area contributed by atoms with Crippen LogP contribution in [0.15, 0.2) is 34.8 Å². The summed E-state index contributed by atoms with van der Waals surface area (Å²) in [7, 11) is 0. The Bertz CT molecular complexity index is 765. The molecule has 0 bridgehead atoms. The highest BCUT2D eigenvalue weighted by molar-refractivity contribution is 7.98. The van der Waals surface area contributed by atoms with Gasteiger partial charge in [0.2, 0.25) is 0 Å². The molecule has 0 saturated heterocycles. The minimum Gasteiger partial charge on any atom is -0.383 e. The van der Waals surface area contributed by atoms with Gasteiger partial charge in [0, 0.05) is 5.75 Å². The van der Waals surface area contributed by atoms with Crippen LogP contribution in [0.2, 0.25) is 0 Å². The van der Waals surface area contributed by atoms with Crippen molar-refractivity contribution in [1.82, 2.24) is 9.97 Å². The normalized spacial score (nSPS) is 11.1. The van der Waals surface area contributed by atoms with Gasteiger partial charge >= 0.3 is 0 Å². The van der Waals surface area contributed by atoms with Crippen molar-refractivity contribution >= 4 is 39.1 Å². The largest absolute Gasteiger partial charge is 0.383 e. The van der Waals surface area contributed by atoms with Crippen molar-refractivity contribution in [3.05, 3.63) is 46.3 Å². The van der Waals surface area contributed by atoms with E-state index in [2.05, 4.69) is 42.0 Å². The summed E-state index contributed by atoms with van der Waals surface area (Å²) >= 11 is 3.23. The highest BCUT2D eigenvalue weighted by Gasteiger charge is 2.08. The predicted molar refractivity (Wildman–Crippen MR) is 87.3 cm³/mol. The molecule has 0 spiro atoms. The Balaban J connectivity index is 1.84. The van der Waals surface area contributed by atoms with E-state index in [1.165, 1.54) is 16.7 Å². The number of nitrogen functional groups attached to an aromatic ring is 1. The fraction of sp³-hybridized carbons (Fsp3) is 0.200. The number of hydrogen-bond donors (Lipinski definition) is 1. The molecule has 3 aromatic rings. The molecule has 0 fully saturated rings. The van der Waals surface area contributed by atoms with Crippen molar-refractivity contribution in [1.29, 1.82) is 0 Å². The molecule has 0 unspecified atom stereocenters. The number of thiophene rings is 1. The molecule has 3 nitrogen and oxygen atoms in total. The molecule has 3 rings (SSSR count). The lowest BCUT2D eigenvalue weighted by atomic mass is 10.1. The lowest BCUT2D eigenvalue weighted by molar-refractivity contribution is 1.02. The summed E-state index contributed by atoms with van der Waals surface area (Å²) in [5.41, 5.74) is 9.87. The maximum absolute atomic E-state index is 5.97. The molecule has 20 heavy (non-hydrogen) atoms. The minimum atomic E-state index is 0.569. The van der Waals surface area contributed by atoms with Crippen LogP contribution in [0.5, 0.6) is 0 Å². The van der Waals surface area contributed by atoms with Gasteiger partial charge in [0.25, 0.3) is 0 Å². The second-order valence-corrected chi connectivity index (χ2v) is 6.59. The maximum atomic E-state index is 5.97. The minimum absolute atomic E-state index is 0.569. The fourth-order valence-corrected chi connectivity index (χ4v) is 3.76. The van der Waals surface area contributed by atoms with Gasteiger partial charge < -0.3 is 5.73 Å². The van der Waals surface area contributed by atoms with Crippen LogP contribution in [0.4, 0.5) is 5.82 Å². The average molecular weight is 301 g/mol. The van der Waals surface area contributed by atoms with Gasteiger partial charge in [-0.3, -0.25) is 0 Å². The van der Waals surface area contributed by atoms with Crippen LogP contribution in [0.25, 0.3) is 10.2 Å². The quantitative estimate of drug-likeness (QED) is 0.582. The molecule has 0 aliphatic carbocycles. The van der Waals surface area contributed by atoms with Crippen molar-refractivity contribution < 1.29 is 0 Å². The van der Waals surface area contributed by atoms with E-state index in [1.807, 2.05) is 11.4 Å². The Morgan fingerprint density at radius 2 is 2.05 bits per heavy atom. The third-order valence-electron chi connectivity index (χ3n) is 3.20. The van der Waals surface area contributed by atoms with Crippen LogP contribution < -0.4 is 5.73 Å². The summed E-state index contributed by atoms with van der Waals surface area (Å²) in [6.07, 6.45) is 0. The number of nitrogens with zero attached hydrogens (tertiary/aromatic N) is 2. The van der Waals surface area contributed by atoms with Crippen LogP contribution in [-0.4, -0.2) is 9.97 Å². The van der Waals surface area contributed by atoms with Crippen LogP contribution in [0.1, 0.15) is 16.7 Å². The number of rotatable bonds is 3. The summed E-state index contributed by atoms with van der Waals surface area (Å²) in [4.78, 5) is 9.89. The smallest absolute Gasteiger partial charge is 0.191 e. The maximum Gasteiger partial charge on any atom is 0.191 e. The predicted octanol–water partition coefficient (Wildman–Crippen LogP) is 4.18. The summed E-state index contributed by atoms with van der Waals surface area (Å²) in [5.74, 6) is 1.43. The van der Waals surface area contributed by atoms with Gasteiger partial charge in [0.15, 0.2) is 5.16 Å². The van der Waals surface area contributed by atoms with Crippen LogP contribution >= 0.6 is 23.1 Å². The van der Waals surface area contributed by atoms with Gasteiger partial charge in [0.05, 0.1) is 5.39 Å². The number of fused-ring (bicyclic) bond motifs is 1. The number of hydrogen-bond acceptors (Lipinski definition) is 5. The highest BCUT2D eigenvalue weighted by atomic mass is 32.2. The lowest BCUT2D eigenvalue weighted by Gasteiger charge is -2.07. The molecule has 0 aliphatic heterocycles. The SMILES string of the molecule is Cc1ccc(C)c(CSc2nc(N)c3ccsc3n2)c1. The Morgan fingerprint density at radius 3 is 2.90 bits per heavy atom. The number of nitrogens with two attached hydrogens (primary N) is 1. The molecule has 2 heterocycles. The Hall–Kier alpha value is -1.59. The number of benzene rings is 1. The molecule has 0 saturated carbocycles. The second-order valence-electron chi connectivity index (χ2n) is 4.75. The first-order chi connectivity index (χ1) is 9.63. The fourth-order valence-electron chi connectivity index (χ4n) is 2.02. The summed E-state index contributed by atoms with van der Waals surface area (Å²) in [6, 6.07) is 8.47. The van der Waals surface area contributed by atoms with E-state index >= 15 is 0 Å². The van der Waals surface area contributed by atoms with E-state index in [1.54, 1.807) is 23.1 Å². The zero-order valence-corrected chi connectivity index (χ0v) is 13.0. The number of anilines is 1. The van der Waals surface area contributed by atoms with E-state index in [0.717, 1.165) is 21.1 Å². The van der Waals surface area contributed by atoms with E-state index in [0.29, 0.717) is 5.82 Å². The summed E-state index contributed by atoms with van der Waals surface area (Å²) in [5, 5.41) is 3.69. The molecule has 1 aromatic carbocycles. The number of thioether (sulfide) groups is 1. The van der Waals surface area contributed by atoms with Crippen molar-refractivity contribution in [2.75, 3.05) is 5.73 Å². The zero-order valence-electron chi connectivity index (χ0n) is 11.4. The van der Waals surface area contributed by atoms with Crippen LogP contribution in [0.3, 0.4) is 0 Å². The van der Waals surface area contributed by atoms with E-state index < -0.39 is 0 Å². The van der Waals surface area contributed by atoms with Gasteiger partial charge in [-0.15, -0.1) is 11.3 Å². The first-order valence-electron chi connectivity index (χ1n) is 6.33. The zero-order chi connectivity index (χ0) is 14.1. The average Bonchev–Trinajstić information content (AvgIpc) is 2.89. The first kappa shape index (κ1) is 13.4. The summed E-state index contributed by atoms with van der Waals surface area (Å²) in [6.45, 7) is 4.24. The lowest BCUT2D eigenvalue weighted by Crippen LogP contribution is -1.96. The van der Waals surface area contributed by atoms with Crippen molar-refractivity contribution in [2.45, 2.75) is 24.8 Å². The third-order valence-corrected chi connectivity index (χ3v) is 4.90. The highest BCUT2D eigenvalue weighted by Crippen LogP contribution is 2.28. The summed E-state index contributed by atoms with van der Waals surface area (Å²) < 4.78 is 0. The molecular weight excluding hydrogens is 286 g/mol. The van der Waals surface area contributed by atoms with Gasteiger partial charge in [-0.2, -0.15) is 0 Å². The van der Waals surface area contributed by atoms with Gasteiger partial charge in [-0.05, 0) is 36.4 Å². The Kier molecular flexibility index (Phi) is 3.63. The number of aromatic nitrogens is 2. The monoisotopic (exact) mass is 301 g/mol. The van der Waals surface area contributed by atoms with E-state index in [9.17, 15) is 0 Å². The molecule has 0 aliphatic rings. The first-order valence-corrected chi connectivity index (χ1v) is 8.19. The van der Waals surface area contributed by atoms with E-state index in [4.69, 9.17) is 5.73 Å². The van der Waals surface area contributed by atoms with Gasteiger partial charge in [-0.25, -0.2) is 9.97 Å². The van der Waals surface area contributed by atoms with Gasteiger partial charge in [0.1, 0.15) is 10.6 Å². The molecule has 2 N–H and O–H groups in total. The molecule has 0 atom stereocenters. The molecule has 0 radical (unpaired) electrons. The Labute approximate surface area is 126 Å². The standard InChI is InChI=1S/C15H15N3S2/c1-9-3-4-10(2)11(7-9)8-20-15-17-13(16)12-5-6-19-14(12)18-15/h3-7H,8H2,1-2H3,(H2,16,17,18). The van der Waals surface area contributed by atoms with Crippen molar-refractivity contribution in [3.63, 3.8) is 0 Å². The molecule has 2 aromatic heterocycles. The van der Waals surface area contributed by atoms with Crippen molar-refractivity contribution in [3.8, 4) is 0 Å². The molecule has 0 amide bonds. The van der Waals surface area contributed by atoms with E-state index in [-0.39, 0.29) is 0 Å². The molecular formula is C15H15N3S2. The number of aryl methyl sites for hydroxylation is 2. The second kappa shape index (κ2) is 5.42. The van der Waals surface area contributed by atoms with Gasteiger partial charge in [-0.1, -0.05) is 35.5 Å². The topological polar surface area (TPSA) is 51.8 Å². The third kappa shape index (κ3) is 2.64. The van der Waals surface area contributed by atoms with Crippen LogP contribution in [0, 0.1) is 13.8 Å². The molecule has 5 heteroatoms. The van der Waals surface area contributed by atoms with Crippen LogP contribution in [-0.2, 0) is 5.75 Å². The molecule has 102 valence electrons.